The molecule has 5 nitrogen and oxygen atoms in total. The van der Waals surface area contributed by atoms with Gasteiger partial charge in [0, 0.05) is 11.9 Å². The summed E-state index contributed by atoms with van der Waals surface area (Å²) in [5, 5.41) is -0.232. The SMILES string of the molecule is CO[C@]1(Br)C(=O)N2[C@@H](C(=O)OCc3ccccc3)C(C)(C)S[C@@H]21. The number of benzene rings is 1. The number of ether oxygens (including phenoxy) is 2. The van der Waals surface area contributed by atoms with Crippen molar-refractivity contribution in [1.82, 2.24) is 4.90 Å². The van der Waals surface area contributed by atoms with Crippen LogP contribution in [0.3, 0.4) is 0 Å². The average Bonchev–Trinajstić information content (AvgIpc) is 2.82. The number of nitrogens with zero attached hydrogens (tertiary/aromatic N) is 1. The maximum atomic E-state index is 12.6. The first kappa shape index (κ1) is 16.8. The lowest BCUT2D eigenvalue weighted by atomic mass is 9.97. The van der Waals surface area contributed by atoms with E-state index in [1.54, 1.807) is 16.7 Å². The number of fused-ring (bicyclic) bond motifs is 1. The molecule has 0 spiro atoms. The van der Waals surface area contributed by atoms with Crippen molar-refractivity contribution in [3.63, 3.8) is 0 Å². The summed E-state index contributed by atoms with van der Waals surface area (Å²) in [6.45, 7) is 4.09. The molecule has 2 aliphatic rings. The van der Waals surface area contributed by atoms with E-state index in [9.17, 15) is 9.59 Å². The average molecular weight is 400 g/mol. The summed E-state index contributed by atoms with van der Waals surface area (Å²) < 4.78 is 9.27. The molecule has 0 radical (unpaired) electrons. The van der Waals surface area contributed by atoms with Gasteiger partial charge in [-0.05, 0) is 35.3 Å². The van der Waals surface area contributed by atoms with Crippen LogP contribution in [0, 0.1) is 0 Å². The van der Waals surface area contributed by atoms with Gasteiger partial charge in [-0.3, -0.25) is 4.79 Å². The van der Waals surface area contributed by atoms with E-state index in [1.165, 1.54) is 7.11 Å². The van der Waals surface area contributed by atoms with Crippen LogP contribution >= 0.6 is 27.7 Å². The van der Waals surface area contributed by atoms with E-state index in [4.69, 9.17) is 9.47 Å². The number of methoxy groups -OCH3 is 1. The van der Waals surface area contributed by atoms with Crippen LogP contribution in [0.25, 0.3) is 0 Å². The largest absolute Gasteiger partial charge is 0.459 e. The summed E-state index contributed by atoms with van der Waals surface area (Å²) in [5.74, 6) is -0.613. The lowest BCUT2D eigenvalue weighted by molar-refractivity contribution is -0.178. The van der Waals surface area contributed by atoms with Gasteiger partial charge in [-0.2, -0.15) is 0 Å². The number of β-lactam (4-membered cyclic amide) rings is 1. The molecule has 0 N–H and O–H groups in total. The Bertz CT molecular complexity index is 638. The Kier molecular flexibility index (Phi) is 4.23. The van der Waals surface area contributed by atoms with Gasteiger partial charge >= 0.3 is 5.97 Å². The number of rotatable bonds is 4. The molecular formula is C16H18BrNO4S. The standard InChI is InChI=1S/C16H18BrNO4S/c1-15(2)11(12(19)22-9-10-7-5-4-6-8-10)18-13(20)16(17,21-3)14(18)23-15/h4-8,11,14H,9H2,1-3H3/t11-,14+,16+/m0/s1. The molecule has 0 unspecified atom stereocenters. The minimum Gasteiger partial charge on any atom is -0.459 e. The topological polar surface area (TPSA) is 55.8 Å². The molecule has 2 fully saturated rings. The van der Waals surface area contributed by atoms with Crippen LogP contribution in [0.4, 0.5) is 0 Å². The molecule has 7 heteroatoms. The van der Waals surface area contributed by atoms with Crippen molar-refractivity contribution in [3.05, 3.63) is 35.9 Å². The molecule has 1 amide bonds. The quantitative estimate of drug-likeness (QED) is 0.442. The molecule has 1 aromatic rings. The lowest BCUT2D eigenvalue weighted by Crippen LogP contribution is -2.71. The molecule has 0 bridgehead atoms. The third kappa shape index (κ3) is 2.58. The van der Waals surface area contributed by atoms with Crippen molar-refractivity contribution in [2.24, 2.45) is 0 Å². The predicted octanol–water partition coefficient (Wildman–Crippen LogP) is 2.53. The third-order valence-corrected chi connectivity index (χ3v) is 7.21. The Morgan fingerprint density at radius 3 is 2.61 bits per heavy atom. The van der Waals surface area contributed by atoms with E-state index in [0.29, 0.717) is 0 Å². The van der Waals surface area contributed by atoms with Crippen LogP contribution in [0.5, 0.6) is 0 Å². The number of amides is 1. The Balaban J connectivity index is 1.74. The van der Waals surface area contributed by atoms with Crippen LogP contribution in [-0.4, -0.2) is 44.6 Å². The fourth-order valence-electron chi connectivity index (χ4n) is 2.97. The lowest BCUT2D eigenvalue weighted by Gasteiger charge is -2.48. The number of alkyl halides is 1. The molecule has 0 aliphatic carbocycles. The van der Waals surface area contributed by atoms with Gasteiger partial charge in [0.05, 0.1) is 0 Å². The normalized spacial score (nSPS) is 31.5. The first-order valence-corrected chi connectivity index (χ1v) is 8.94. The van der Waals surface area contributed by atoms with E-state index in [0.717, 1.165) is 5.56 Å². The maximum Gasteiger partial charge on any atom is 0.330 e. The molecule has 3 rings (SSSR count). The Hall–Kier alpha value is -1.05. The highest BCUT2D eigenvalue weighted by atomic mass is 79.9. The molecule has 2 saturated heterocycles. The summed E-state index contributed by atoms with van der Waals surface area (Å²) >= 11 is 4.90. The fourth-order valence-corrected chi connectivity index (χ4v) is 5.27. The molecular weight excluding hydrogens is 382 g/mol. The number of esters is 1. The van der Waals surface area contributed by atoms with Gasteiger partial charge in [0.1, 0.15) is 18.0 Å². The minimum atomic E-state index is -1.04. The van der Waals surface area contributed by atoms with E-state index in [-0.39, 0.29) is 23.9 Å². The maximum absolute atomic E-state index is 12.6. The molecule has 3 atom stereocenters. The first-order valence-electron chi connectivity index (χ1n) is 7.26. The van der Waals surface area contributed by atoms with E-state index < -0.39 is 15.3 Å². The van der Waals surface area contributed by atoms with Crippen molar-refractivity contribution >= 4 is 39.6 Å². The molecule has 2 heterocycles. The third-order valence-electron chi connectivity index (χ3n) is 4.19. The second-order valence-corrected chi connectivity index (χ2v) is 9.04. The highest BCUT2D eigenvalue weighted by molar-refractivity contribution is 9.10. The van der Waals surface area contributed by atoms with E-state index in [1.807, 2.05) is 44.2 Å². The Morgan fingerprint density at radius 2 is 2.00 bits per heavy atom. The van der Waals surface area contributed by atoms with E-state index in [2.05, 4.69) is 15.9 Å². The van der Waals surface area contributed by atoms with E-state index >= 15 is 0 Å². The van der Waals surface area contributed by atoms with Crippen LogP contribution in [-0.2, 0) is 25.7 Å². The van der Waals surface area contributed by atoms with Crippen molar-refractivity contribution in [1.29, 1.82) is 0 Å². The smallest absolute Gasteiger partial charge is 0.330 e. The fraction of sp³-hybridized carbons (Fsp3) is 0.500. The zero-order valence-corrected chi connectivity index (χ0v) is 15.5. The van der Waals surface area contributed by atoms with Crippen molar-refractivity contribution < 1.29 is 19.1 Å². The van der Waals surface area contributed by atoms with Crippen molar-refractivity contribution in [2.75, 3.05) is 7.11 Å². The highest BCUT2D eigenvalue weighted by Crippen LogP contribution is 2.58. The highest BCUT2D eigenvalue weighted by Gasteiger charge is 2.71. The molecule has 2 aliphatic heterocycles. The van der Waals surface area contributed by atoms with Crippen LogP contribution in [0.1, 0.15) is 19.4 Å². The predicted molar refractivity (Wildman–Crippen MR) is 91.0 cm³/mol. The van der Waals surface area contributed by atoms with Gasteiger partial charge in [0.2, 0.25) is 4.51 Å². The Labute approximate surface area is 147 Å². The van der Waals surface area contributed by atoms with Gasteiger partial charge in [-0.25, -0.2) is 4.79 Å². The zero-order valence-electron chi connectivity index (χ0n) is 13.1. The summed E-state index contributed by atoms with van der Waals surface area (Å²) in [4.78, 5) is 26.6. The summed E-state index contributed by atoms with van der Waals surface area (Å²) in [5.41, 5.74) is 0.919. The van der Waals surface area contributed by atoms with Crippen LogP contribution < -0.4 is 0 Å². The molecule has 23 heavy (non-hydrogen) atoms. The molecule has 1 aromatic carbocycles. The first-order chi connectivity index (χ1) is 10.8. The number of halogens is 1. The van der Waals surface area contributed by atoms with Crippen LogP contribution in [0.15, 0.2) is 30.3 Å². The second kappa shape index (κ2) is 5.79. The zero-order chi connectivity index (χ0) is 16.8. The minimum absolute atomic E-state index is 0.202. The monoisotopic (exact) mass is 399 g/mol. The van der Waals surface area contributed by atoms with Crippen LogP contribution in [0.2, 0.25) is 0 Å². The molecule has 124 valence electrons. The van der Waals surface area contributed by atoms with Gasteiger partial charge in [0.25, 0.3) is 5.91 Å². The summed E-state index contributed by atoms with van der Waals surface area (Å²) in [6.07, 6.45) is 0. The van der Waals surface area contributed by atoms with Gasteiger partial charge in [-0.15, -0.1) is 11.8 Å². The number of hydrogen-bond donors (Lipinski definition) is 0. The number of carbonyl (C=O) groups excluding carboxylic acids is 2. The van der Waals surface area contributed by atoms with Gasteiger partial charge < -0.3 is 14.4 Å². The molecule has 0 aromatic heterocycles. The van der Waals surface area contributed by atoms with Gasteiger partial charge in [0.15, 0.2) is 0 Å². The number of hydrogen-bond acceptors (Lipinski definition) is 5. The number of thioether (sulfide) groups is 1. The number of carbonyl (C=O) groups is 2. The Morgan fingerprint density at radius 1 is 1.35 bits per heavy atom. The van der Waals surface area contributed by atoms with Crippen molar-refractivity contribution in [3.8, 4) is 0 Å². The second-order valence-electron chi connectivity index (χ2n) is 6.13. The summed E-state index contributed by atoms with van der Waals surface area (Å²) in [7, 11) is 1.48. The van der Waals surface area contributed by atoms with Gasteiger partial charge in [-0.1, -0.05) is 30.3 Å². The summed E-state index contributed by atoms with van der Waals surface area (Å²) in [6, 6.07) is 8.87. The molecule has 0 saturated carbocycles. The van der Waals surface area contributed by atoms with Crippen molar-refractivity contribution in [2.45, 2.75) is 41.1 Å².